The molecule has 1 aromatic rings. The maximum atomic E-state index is 12.6. The Morgan fingerprint density at radius 3 is 2.63 bits per heavy atom. The van der Waals surface area contributed by atoms with E-state index in [4.69, 9.17) is 19.4 Å². The summed E-state index contributed by atoms with van der Waals surface area (Å²) in [5.74, 6) is 0.693. The van der Waals surface area contributed by atoms with Gasteiger partial charge in [-0.3, -0.25) is 4.79 Å². The fourth-order valence-electron chi connectivity index (χ4n) is 3.51. The van der Waals surface area contributed by atoms with E-state index in [-0.39, 0.29) is 18.1 Å². The molecule has 2 heterocycles. The third-order valence-corrected chi connectivity index (χ3v) is 4.93. The Balaban J connectivity index is 0.000000596. The number of rotatable bonds is 4. The van der Waals surface area contributed by atoms with Gasteiger partial charge < -0.3 is 35.2 Å². The van der Waals surface area contributed by atoms with Crippen LogP contribution in [0.15, 0.2) is 18.2 Å². The number of fused-ring (bicyclic) bond motifs is 1. The topological polar surface area (TPSA) is 120 Å². The third kappa shape index (κ3) is 4.81. The maximum absolute atomic E-state index is 12.6. The van der Waals surface area contributed by atoms with Crippen LogP contribution in [0.5, 0.6) is 11.5 Å². The van der Waals surface area contributed by atoms with Crippen molar-refractivity contribution in [3.05, 3.63) is 18.2 Å². The minimum Gasteiger partial charge on any atom is -0.497 e. The number of aliphatic hydroxyl groups excluding tert-OH is 1. The number of nitrogens with zero attached hydrogens (tertiary/aromatic N) is 1. The van der Waals surface area contributed by atoms with E-state index in [1.54, 1.807) is 37.3 Å². The van der Waals surface area contributed by atoms with Gasteiger partial charge >= 0.3 is 6.03 Å². The normalized spacial score (nSPS) is 23.1. The summed E-state index contributed by atoms with van der Waals surface area (Å²) in [4.78, 5) is 23.4. The Kier molecular flexibility index (Phi) is 6.86. The molecular formula is C18H27N3O6. The number of carboxylic acid groups (broad SMARTS) is 1. The minimum absolute atomic E-state index is 0.0942. The van der Waals surface area contributed by atoms with Crippen LogP contribution >= 0.6 is 0 Å². The molecule has 9 heteroatoms. The van der Waals surface area contributed by atoms with Crippen molar-refractivity contribution in [2.45, 2.75) is 6.92 Å². The first-order valence-corrected chi connectivity index (χ1v) is 8.64. The van der Waals surface area contributed by atoms with Crippen molar-refractivity contribution in [3.63, 3.8) is 0 Å². The molecule has 0 bridgehead atoms. The molecule has 2 saturated heterocycles. The highest BCUT2D eigenvalue weighted by atomic mass is 16.5. The number of amides is 2. The van der Waals surface area contributed by atoms with Gasteiger partial charge in [-0.2, -0.15) is 0 Å². The lowest BCUT2D eigenvalue weighted by Crippen LogP contribution is -2.39. The average molecular weight is 381 g/mol. The molecule has 2 unspecified atom stereocenters. The number of urea groups is 1. The number of carbonyl (C=O) groups excluding carboxylic acids is 1. The number of anilines is 1. The van der Waals surface area contributed by atoms with Gasteiger partial charge in [-0.1, -0.05) is 0 Å². The lowest BCUT2D eigenvalue weighted by atomic mass is 9.82. The monoisotopic (exact) mass is 381 g/mol. The number of benzene rings is 1. The number of hydrogen-bond acceptors (Lipinski definition) is 6. The molecule has 0 aromatic heterocycles. The Morgan fingerprint density at radius 1 is 1.37 bits per heavy atom. The Hall–Kier alpha value is -2.52. The molecule has 2 fully saturated rings. The first kappa shape index (κ1) is 20.8. The summed E-state index contributed by atoms with van der Waals surface area (Å²) in [5.41, 5.74) is 0.362. The fraction of sp³-hybridized carbons (Fsp3) is 0.556. The molecule has 27 heavy (non-hydrogen) atoms. The van der Waals surface area contributed by atoms with Gasteiger partial charge in [-0.25, -0.2) is 4.79 Å². The third-order valence-electron chi connectivity index (χ3n) is 4.93. The summed E-state index contributed by atoms with van der Waals surface area (Å²) >= 11 is 0. The number of aliphatic hydroxyl groups is 1. The van der Waals surface area contributed by atoms with Crippen LogP contribution in [0.3, 0.4) is 0 Å². The predicted molar refractivity (Wildman–Crippen MR) is 99.3 cm³/mol. The summed E-state index contributed by atoms with van der Waals surface area (Å²) in [6, 6.07) is 5.09. The largest absolute Gasteiger partial charge is 0.497 e. The van der Waals surface area contributed by atoms with Crippen LogP contribution in [-0.4, -0.2) is 74.1 Å². The lowest BCUT2D eigenvalue weighted by Gasteiger charge is -2.25. The molecule has 0 saturated carbocycles. The van der Waals surface area contributed by atoms with Gasteiger partial charge in [-0.05, 0) is 18.1 Å². The summed E-state index contributed by atoms with van der Waals surface area (Å²) in [5, 5.41) is 23.3. The highest BCUT2D eigenvalue weighted by Gasteiger charge is 2.50. The van der Waals surface area contributed by atoms with Crippen LogP contribution < -0.4 is 20.1 Å². The Labute approximate surface area is 158 Å². The molecule has 2 aliphatic heterocycles. The van der Waals surface area contributed by atoms with E-state index in [2.05, 4.69) is 10.6 Å². The zero-order chi connectivity index (χ0) is 20.0. The number of carbonyl (C=O) groups is 2. The molecule has 150 valence electrons. The summed E-state index contributed by atoms with van der Waals surface area (Å²) < 4.78 is 10.5. The molecule has 1 aromatic carbocycles. The molecule has 0 spiro atoms. The van der Waals surface area contributed by atoms with Crippen molar-refractivity contribution in [1.29, 1.82) is 0 Å². The first-order chi connectivity index (χ1) is 12.8. The second-order valence-corrected chi connectivity index (χ2v) is 6.74. The minimum atomic E-state index is -0.833. The second-order valence-electron chi connectivity index (χ2n) is 6.74. The quantitative estimate of drug-likeness (QED) is 0.610. The smallest absolute Gasteiger partial charge is 0.321 e. The number of nitrogens with one attached hydrogen (secondary N) is 2. The van der Waals surface area contributed by atoms with Gasteiger partial charge in [0.2, 0.25) is 0 Å². The van der Waals surface area contributed by atoms with Gasteiger partial charge in [0, 0.05) is 44.6 Å². The summed E-state index contributed by atoms with van der Waals surface area (Å²) in [6.45, 7) is 3.97. The van der Waals surface area contributed by atoms with Gasteiger partial charge in [0.15, 0.2) is 0 Å². The Bertz CT molecular complexity index is 679. The van der Waals surface area contributed by atoms with Crippen molar-refractivity contribution in [1.82, 2.24) is 10.2 Å². The van der Waals surface area contributed by atoms with Gasteiger partial charge in [0.25, 0.3) is 5.97 Å². The number of likely N-dealkylation sites (tertiary alicyclic amines) is 1. The van der Waals surface area contributed by atoms with Crippen LogP contribution in [0.1, 0.15) is 6.92 Å². The Morgan fingerprint density at radius 2 is 2.07 bits per heavy atom. The zero-order valence-electron chi connectivity index (χ0n) is 15.8. The number of carboxylic acids is 1. The van der Waals surface area contributed by atoms with Crippen LogP contribution in [0.2, 0.25) is 0 Å². The van der Waals surface area contributed by atoms with Crippen molar-refractivity contribution in [2.75, 3.05) is 52.3 Å². The zero-order valence-corrected chi connectivity index (χ0v) is 15.8. The van der Waals surface area contributed by atoms with E-state index in [0.29, 0.717) is 36.2 Å². The lowest BCUT2D eigenvalue weighted by molar-refractivity contribution is -0.134. The van der Waals surface area contributed by atoms with Crippen molar-refractivity contribution >= 4 is 17.7 Å². The highest BCUT2D eigenvalue weighted by molar-refractivity contribution is 5.91. The van der Waals surface area contributed by atoms with E-state index >= 15 is 0 Å². The summed E-state index contributed by atoms with van der Waals surface area (Å²) in [6.07, 6.45) is 0. The number of aliphatic carboxylic acids is 1. The van der Waals surface area contributed by atoms with E-state index in [1.165, 1.54) is 0 Å². The van der Waals surface area contributed by atoms with E-state index in [1.807, 2.05) is 0 Å². The predicted octanol–water partition coefficient (Wildman–Crippen LogP) is 0.840. The van der Waals surface area contributed by atoms with E-state index in [0.717, 1.165) is 20.0 Å². The standard InChI is InChI=1S/C16H23N3O4.C2H4O2/c1-22-12-3-4-14(23-2)13(5-12)18-15(21)19-7-11-6-17-8-16(11,9-19)10-20;1-2(3)4/h3-5,11,17,20H,6-10H2,1-2H3,(H,18,21);1H3,(H,3,4). The first-order valence-electron chi connectivity index (χ1n) is 8.64. The van der Waals surface area contributed by atoms with Crippen molar-refractivity contribution in [3.8, 4) is 11.5 Å². The van der Waals surface area contributed by atoms with Crippen LogP contribution in [0.25, 0.3) is 0 Å². The fourth-order valence-corrected chi connectivity index (χ4v) is 3.51. The molecule has 0 radical (unpaired) electrons. The van der Waals surface area contributed by atoms with Crippen LogP contribution in [-0.2, 0) is 4.79 Å². The second kappa shape index (κ2) is 8.92. The van der Waals surface area contributed by atoms with Crippen LogP contribution in [0, 0.1) is 11.3 Å². The SMILES string of the molecule is CC(=O)O.COc1ccc(OC)c(NC(=O)N2CC3CNCC3(CO)C2)c1. The number of methoxy groups -OCH3 is 2. The van der Waals surface area contributed by atoms with Crippen molar-refractivity contribution < 1.29 is 29.3 Å². The van der Waals surface area contributed by atoms with Gasteiger partial charge in [-0.15, -0.1) is 0 Å². The molecule has 9 nitrogen and oxygen atoms in total. The number of ether oxygens (including phenoxy) is 2. The summed E-state index contributed by atoms with van der Waals surface area (Å²) in [7, 11) is 3.14. The highest BCUT2D eigenvalue weighted by Crippen LogP contribution is 2.39. The molecule has 0 aliphatic carbocycles. The van der Waals surface area contributed by atoms with Crippen LogP contribution in [0.4, 0.5) is 10.5 Å². The molecule has 2 aliphatic rings. The maximum Gasteiger partial charge on any atom is 0.321 e. The number of hydrogen-bond donors (Lipinski definition) is 4. The van der Waals surface area contributed by atoms with E-state index < -0.39 is 5.97 Å². The molecule has 2 amide bonds. The molecule has 3 rings (SSSR count). The van der Waals surface area contributed by atoms with Gasteiger partial charge in [0.05, 0.1) is 26.5 Å². The molecule has 4 N–H and O–H groups in total. The van der Waals surface area contributed by atoms with E-state index in [9.17, 15) is 9.90 Å². The van der Waals surface area contributed by atoms with Crippen molar-refractivity contribution in [2.24, 2.45) is 11.3 Å². The molecular weight excluding hydrogens is 354 g/mol. The average Bonchev–Trinajstić information content (AvgIpc) is 3.18. The molecule has 2 atom stereocenters. The van der Waals surface area contributed by atoms with Gasteiger partial charge in [0.1, 0.15) is 11.5 Å².